The molecule has 0 radical (unpaired) electrons. The van der Waals surface area contributed by atoms with Crippen LogP contribution >= 0.6 is 0 Å². The molecule has 1 amide bonds. The van der Waals surface area contributed by atoms with Crippen LogP contribution in [0.3, 0.4) is 0 Å². The van der Waals surface area contributed by atoms with Crippen LogP contribution in [0.15, 0.2) is 72.8 Å². The Labute approximate surface area is 234 Å². The highest BCUT2D eigenvalue weighted by atomic mass is 16.1. The third kappa shape index (κ3) is 7.36. The maximum atomic E-state index is 13.0. The highest BCUT2D eigenvalue weighted by Gasteiger charge is 2.31. The molecule has 2 heterocycles. The zero-order valence-electron chi connectivity index (χ0n) is 24.0. The van der Waals surface area contributed by atoms with Crippen LogP contribution in [-0.2, 0) is 19.5 Å². The van der Waals surface area contributed by atoms with Gasteiger partial charge in [0, 0.05) is 25.2 Å². The van der Waals surface area contributed by atoms with Gasteiger partial charge in [0.2, 0.25) is 0 Å². The van der Waals surface area contributed by atoms with Gasteiger partial charge in [-0.25, -0.2) is 0 Å². The molecular formula is C34H45N4O+. The molecule has 0 aliphatic carbocycles. The Morgan fingerprint density at radius 1 is 0.923 bits per heavy atom. The molecule has 0 unspecified atom stereocenters. The third-order valence-corrected chi connectivity index (χ3v) is 8.93. The Hall–Kier alpha value is -2.99. The van der Waals surface area contributed by atoms with Gasteiger partial charge >= 0.3 is 0 Å². The Morgan fingerprint density at radius 2 is 1.59 bits per heavy atom. The monoisotopic (exact) mass is 525 g/mol. The second kappa shape index (κ2) is 12.5. The van der Waals surface area contributed by atoms with Crippen LogP contribution in [0.25, 0.3) is 11.1 Å². The fraction of sp³-hybridized carbons (Fsp3) is 0.441. The van der Waals surface area contributed by atoms with Crippen molar-refractivity contribution in [3.05, 3.63) is 95.1 Å². The molecule has 2 N–H and O–H groups in total. The largest absolute Gasteiger partial charge is 0.348 e. The van der Waals surface area contributed by atoms with Crippen molar-refractivity contribution in [1.29, 1.82) is 0 Å². The van der Waals surface area contributed by atoms with E-state index in [2.05, 4.69) is 97.2 Å². The van der Waals surface area contributed by atoms with E-state index < -0.39 is 0 Å². The summed E-state index contributed by atoms with van der Waals surface area (Å²) >= 11 is 0. The molecule has 5 rings (SSSR count). The minimum atomic E-state index is -0.00730. The quantitative estimate of drug-likeness (QED) is 0.402. The average molecular weight is 526 g/mol. The number of piperazine rings is 1. The molecule has 2 aliphatic heterocycles. The first-order valence-corrected chi connectivity index (χ1v) is 14.7. The van der Waals surface area contributed by atoms with Gasteiger partial charge in [-0.05, 0) is 97.3 Å². The lowest BCUT2D eigenvalue weighted by molar-refractivity contribution is -0.917. The van der Waals surface area contributed by atoms with Crippen molar-refractivity contribution < 1.29 is 9.28 Å². The van der Waals surface area contributed by atoms with Crippen molar-refractivity contribution in [2.75, 3.05) is 46.8 Å². The summed E-state index contributed by atoms with van der Waals surface area (Å²) in [5, 5.41) is 6.58. The first-order chi connectivity index (χ1) is 18.9. The minimum Gasteiger partial charge on any atom is -0.348 e. The third-order valence-electron chi connectivity index (χ3n) is 8.93. The predicted octanol–water partition coefficient (Wildman–Crippen LogP) is 5.11. The van der Waals surface area contributed by atoms with Crippen molar-refractivity contribution in [2.45, 2.75) is 45.3 Å². The molecular weight excluding hydrogens is 480 g/mol. The summed E-state index contributed by atoms with van der Waals surface area (Å²) in [6, 6.07) is 26.3. The van der Waals surface area contributed by atoms with Gasteiger partial charge < -0.3 is 15.1 Å². The number of hydrogen-bond acceptors (Lipinski definition) is 3. The van der Waals surface area contributed by atoms with Gasteiger partial charge in [-0.3, -0.25) is 9.69 Å². The molecule has 206 valence electrons. The first kappa shape index (κ1) is 27.6. The number of likely N-dealkylation sites (N-methyl/N-ethyl adjacent to an activating group) is 1. The molecule has 2 aliphatic rings. The summed E-state index contributed by atoms with van der Waals surface area (Å²) in [4.78, 5) is 15.6. The molecule has 5 nitrogen and oxygen atoms in total. The Balaban J connectivity index is 1.19. The maximum Gasteiger partial charge on any atom is 0.251 e. The highest BCUT2D eigenvalue weighted by Crippen LogP contribution is 2.24. The summed E-state index contributed by atoms with van der Waals surface area (Å²) in [5.41, 5.74) is 6.90. The molecule has 1 atom stereocenters. The van der Waals surface area contributed by atoms with Gasteiger partial charge in [-0.1, -0.05) is 48.5 Å². The van der Waals surface area contributed by atoms with E-state index in [0.29, 0.717) is 18.5 Å². The van der Waals surface area contributed by atoms with Crippen LogP contribution in [0, 0.1) is 5.92 Å². The lowest BCUT2D eigenvalue weighted by Gasteiger charge is -2.44. The van der Waals surface area contributed by atoms with Gasteiger partial charge in [0.15, 0.2) is 0 Å². The van der Waals surface area contributed by atoms with E-state index in [9.17, 15) is 4.79 Å². The smallest absolute Gasteiger partial charge is 0.251 e. The van der Waals surface area contributed by atoms with E-state index in [1.54, 1.807) is 0 Å². The maximum absolute atomic E-state index is 13.0. The number of amides is 1. The molecule has 2 saturated heterocycles. The number of benzene rings is 3. The fourth-order valence-corrected chi connectivity index (χ4v) is 5.96. The number of carbonyl (C=O) groups is 1. The summed E-state index contributed by atoms with van der Waals surface area (Å²) in [7, 11) is 4.68. The lowest BCUT2D eigenvalue weighted by Crippen LogP contribution is -2.59. The highest BCUT2D eigenvalue weighted by molar-refractivity contribution is 5.94. The second-order valence-electron chi connectivity index (χ2n) is 12.3. The Morgan fingerprint density at radius 3 is 2.33 bits per heavy atom. The number of nitrogens with one attached hydrogen (secondary N) is 2. The van der Waals surface area contributed by atoms with E-state index in [4.69, 9.17) is 0 Å². The molecule has 39 heavy (non-hydrogen) atoms. The fourth-order valence-electron chi connectivity index (χ4n) is 5.96. The van der Waals surface area contributed by atoms with Crippen LogP contribution < -0.4 is 10.6 Å². The topological polar surface area (TPSA) is 44.4 Å². The van der Waals surface area contributed by atoms with Crippen molar-refractivity contribution in [1.82, 2.24) is 15.5 Å². The SMILES string of the molecule is C[C@H]1CN(Cc2cccc(-c3cccc(CNC(=O)c4cccc(CC5CCNCC5)c4)c3)c2)CC[N+]1(C)C. The summed E-state index contributed by atoms with van der Waals surface area (Å²) < 4.78 is 1.10. The van der Waals surface area contributed by atoms with E-state index in [0.717, 1.165) is 54.8 Å². The number of carbonyl (C=O) groups excluding carboxylic acids is 1. The number of nitrogens with zero attached hydrogens (tertiary/aromatic N) is 2. The van der Waals surface area contributed by atoms with E-state index in [1.165, 1.54) is 41.6 Å². The predicted molar refractivity (Wildman–Crippen MR) is 161 cm³/mol. The van der Waals surface area contributed by atoms with Gasteiger partial charge in [0.05, 0.1) is 33.2 Å². The number of quaternary nitrogens is 1. The molecule has 2 fully saturated rings. The average Bonchev–Trinajstić information content (AvgIpc) is 2.95. The summed E-state index contributed by atoms with van der Waals surface area (Å²) in [6.45, 7) is 9.53. The van der Waals surface area contributed by atoms with Gasteiger partial charge in [-0.2, -0.15) is 0 Å². The Kier molecular flexibility index (Phi) is 8.81. The van der Waals surface area contributed by atoms with Crippen LogP contribution in [0.2, 0.25) is 0 Å². The molecule has 0 spiro atoms. The van der Waals surface area contributed by atoms with Crippen molar-refractivity contribution in [2.24, 2.45) is 5.92 Å². The van der Waals surface area contributed by atoms with Crippen LogP contribution in [0.4, 0.5) is 0 Å². The molecule has 3 aromatic carbocycles. The number of rotatable bonds is 8. The van der Waals surface area contributed by atoms with E-state index in [-0.39, 0.29) is 5.91 Å². The van der Waals surface area contributed by atoms with Crippen LogP contribution in [-0.4, -0.2) is 68.2 Å². The van der Waals surface area contributed by atoms with Gasteiger partial charge in [0.1, 0.15) is 0 Å². The summed E-state index contributed by atoms with van der Waals surface area (Å²) in [6.07, 6.45) is 3.48. The van der Waals surface area contributed by atoms with Crippen molar-refractivity contribution >= 4 is 5.91 Å². The van der Waals surface area contributed by atoms with Crippen molar-refractivity contribution in [3.63, 3.8) is 0 Å². The Bertz CT molecular complexity index is 1260. The number of piperidine rings is 1. The van der Waals surface area contributed by atoms with Crippen LogP contribution in [0.5, 0.6) is 0 Å². The minimum absolute atomic E-state index is 0.00730. The van der Waals surface area contributed by atoms with E-state index in [1.807, 2.05) is 12.1 Å². The molecule has 0 saturated carbocycles. The van der Waals surface area contributed by atoms with Gasteiger partial charge in [-0.15, -0.1) is 0 Å². The lowest BCUT2D eigenvalue weighted by atomic mass is 9.90. The van der Waals surface area contributed by atoms with Gasteiger partial charge in [0.25, 0.3) is 5.91 Å². The summed E-state index contributed by atoms with van der Waals surface area (Å²) in [5.74, 6) is 0.702. The zero-order valence-corrected chi connectivity index (χ0v) is 24.0. The number of hydrogen-bond donors (Lipinski definition) is 2. The molecule has 0 bridgehead atoms. The standard InChI is InChI=1S/C34H44N4O/c1-26-24-37(17-18-38(26,2)3)25-30-9-6-11-32(22-30)31-10-5-8-29(21-31)23-36-34(39)33-12-4-7-28(20-33)19-27-13-15-35-16-14-27/h4-12,20-22,26-27,35H,13-19,23-25H2,1-3H3/p+1/t26-/m0/s1. The molecule has 5 heteroatoms. The van der Waals surface area contributed by atoms with E-state index >= 15 is 0 Å². The zero-order chi connectivity index (χ0) is 27.2. The second-order valence-corrected chi connectivity index (χ2v) is 12.3. The molecule has 3 aromatic rings. The van der Waals surface area contributed by atoms with Crippen LogP contribution in [0.1, 0.15) is 46.8 Å². The first-order valence-electron chi connectivity index (χ1n) is 14.7. The van der Waals surface area contributed by atoms with Crippen molar-refractivity contribution in [3.8, 4) is 11.1 Å². The molecule has 0 aromatic heterocycles. The normalized spacial score (nSPS) is 20.0.